The number of hydrogen-bond acceptors (Lipinski definition) is 2. The van der Waals surface area contributed by atoms with E-state index in [1.165, 1.54) is 50.0 Å². The number of allylic oxidation sites excluding steroid dienone is 4. The van der Waals surface area contributed by atoms with Gasteiger partial charge >= 0.3 is 0 Å². The van der Waals surface area contributed by atoms with Crippen molar-refractivity contribution in [3.63, 3.8) is 0 Å². The molecule has 0 radical (unpaired) electrons. The molecule has 0 spiro atoms. The van der Waals surface area contributed by atoms with Gasteiger partial charge in [-0.1, -0.05) is 59.7 Å². The molecule has 0 aromatic rings. The molecule has 2 heteroatoms. The molecule has 0 saturated carbocycles. The number of unbranched alkanes of at least 4 members (excludes halogenated alkanes) is 2. The molecule has 0 aliphatic rings. The molecule has 0 heterocycles. The van der Waals surface area contributed by atoms with Crippen LogP contribution in [0.5, 0.6) is 0 Å². The molecule has 0 aromatic carbocycles. The quantitative estimate of drug-likeness (QED) is 0.258. The highest BCUT2D eigenvalue weighted by molar-refractivity contribution is 8.76. The van der Waals surface area contributed by atoms with Crippen LogP contribution >= 0.6 is 21.6 Å². The minimum absolute atomic E-state index is 1.17. The molecule has 0 rings (SSSR count). The maximum Gasteiger partial charge on any atom is 0.00398 e. The fourth-order valence-electron chi connectivity index (χ4n) is 1.21. The van der Waals surface area contributed by atoms with Crippen LogP contribution in [0.1, 0.15) is 52.4 Å². The average Bonchev–Trinajstić information content (AvgIpc) is 2.31. The monoisotopic (exact) mass is 258 g/mol. The van der Waals surface area contributed by atoms with Gasteiger partial charge in [-0.05, 0) is 38.5 Å². The van der Waals surface area contributed by atoms with Gasteiger partial charge in [-0.3, -0.25) is 0 Å². The third-order valence-corrected chi connectivity index (χ3v) is 4.66. The molecule has 16 heavy (non-hydrogen) atoms. The van der Waals surface area contributed by atoms with E-state index in [0.717, 1.165) is 0 Å². The van der Waals surface area contributed by atoms with Gasteiger partial charge in [0.2, 0.25) is 0 Å². The second-order valence-electron chi connectivity index (χ2n) is 3.69. The van der Waals surface area contributed by atoms with Gasteiger partial charge in [-0.25, -0.2) is 0 Å². The van der Waals surface area contributed by atoms with Crippen molar-refractivity contribution in [1.82, 2.24) is 0 Å². The average molecular weight is 258 g/mol. The Morgan fingerprint density at radius 1 is 0.688 bits per heavy atom. The Morgan fingerprint density at radius 2 is 1.12 bits per heavy atom. The van der Waals surface area contributed by atoms with Crippen LogP contribution in [0.15, 0.2) is 24.3 Å². The highest BCUT2D eigenvalue weighted by Gasteiger charge is 1.90. The van der Waals surface area contributed by atoms with Crippen molar-refractivity contribution in [2.45, 2.75) is 52.4 Å². The second kappa shape index (κ2) is 15.2. The van der Waals surface area contributed by atoms with Gasteiger partial charge in [0.05, 0.1) is 0 Å². The van der Waals surface area contributed by atoms with Gasteiger partial charge in [-0.15, -0.1) is 0 Å². The van der Waals surface area contributed by atoms with Gasteiger partial charge in [-0.2, -0.15) is 0 Å². The molecule has 0 saturated heterocycles. The van der Waals surface area contributed by atoms with E-state index in [1.54, 1.807) is 0 Å². The molecule has 0 aliphatic carbocycles. The highest BCUT2D eigenvalue weighted by Crippen LogP contribution is 2.23. The zero-order chi connectivity index (χ0) is 11.9. The number of rotatable bonds is 11. The predicted molar refractivity (Wildman–Crippen MR) is 82.2 cm³/mol. The van der Waals surface area contributed by atoms with E-state index < -0.39 is 0 Å². The minimum atomic E-state index is 1.17. The van der Waals surface area contributed by atoms with Gasteiger partial charge in [0.1, 0.15) is 0 Å². The lowest BCUT2D eigenvalue weighted by molar-refractivity contribution is 0.963. The molecule has 0 N–H and O–H groups in total. The fourth-order valence-corrected chi connectivity index (χ4v) is 3.43. The van der Waals surface area contributed by atoms with E-state index in [9.17, 15) is 0 Å². The molecule has 0 atom stereocenters. The van der Waals surface area contributed by atoms with Crippen molar-refractivity contribution in [3.8, 4) is 0 Å². The summed E-state index contributed by atoms with van der Waals surface area (Å²) in [6.45, 7) is 4.38. The molecular weight excluding hydrogens is 232 g/mol. The van der Waals surface area contributed by atoms with Crippen molar-refractivity contribution >= 4 is 21.6 Å². The summed E-state index contributed by atoms with van der Waals surface area (Å²) < 4.78 is 0. The summed E-state index contributed by atoms with van der Waals surface area (Å²) in [6, 6.07) is 0. The van der Waals surface area contributed by atoms with Crippen molar-refractivity contribution in [2.75, 3.05) is 11.5 Å². The molecule has 0 nitrogen and oxygen atoms in total. The summed E-state index contributed by atoms with van der Waals surface area (Å²) in [5, 5.41) is 0. The Morgan fingerprint density at radius 3 is 1.50 bits per heavy atom. The molecular formula is C14H26S2. The van der Waals surface area contributed by atoms with Gasteiger partial charge in [0.15, 0.2) is 0 Å². The summed E-state index contributed by atoms with van der Waals surface area (Å²) in [7, 11) is 4.07. The molecule has 94 valence electrons. The van der Waals surface area contributed by atoms with E-state index in [0.29, 0.717) is 0 Å². The molecule has 0 aromatic heterocycles. The first kappa shape index (κ1) is 16.2. The lowest BCUT2D eigenvalue weighted by atomic mass is 10.3. The molecule has 0 aliphatic heterocycles. The van der Waals surface area contributed by atoms with E-state index in [4.69, 9.17) is 0 Å². The summed E-state index contributed by atoms with van der Waals surface area (Å²) >= 11 is 0. The largest absolute Gasteiger partial charge is 0.0941 e. The van der Waals surface area contributed by atoms with Crippen LogP contribution in [0, 0.1) is 0 Å². The van der Waals surface area contributed by atoms with Crippen molar-refractivity contribution in [1.29, 1.82) is 0 Å². The normalized spacial score (nSPS) is 11.9. The zero-order valence-corrected chi connectivity index (χ0v) is 12.4. The summed E-state index contributed by atoms with van der Waals surface area (Å²) in [4.78, 5) is 0. The maximum absolute atomic E-state index is 2.31. The first-order valence-corrected chi connectivity index (χ1v) is 8.95. The summed E-state index contributed by atoms with van der Waals surface area (Å²) in [5.41, 5.74) is 0. The Labute approximate surface area is 110 Å². The van der Waals surface area contributed by atoms with Crippen LogP contribution < -0.4 is 0 Å². The fraction of sp³-hybridized carbons (Fsp3) is 0.714. The SMILES string of the molecule is CC/C=C/CCCSSCCC/C=C/CC. The van der Waals surface area contributed by atoms with E-state index in [1.807, 2.05) is 21.6 Å². The van der Waals surface area contributed by atoms with Crippen molar-refractivity contribution in [3.05, 3.63) is 24.3 Å². The second-order valence-corrected chi connectivity index (χ2v) is 6.39. The van der Waals surface area contributed by atoms with Crippen molar-refractivity contribution < 1.29 is 0 Å². The lowest BCUT2D eigenvalue weighted by Gasteiger charge is -1.98. The summed E-state index contributed by atoms with van der Waals surface area (Å²) in [5.74, 6) is 2.59. The van der Waals surface area contributed by atoms with Gasteiger partial charge in [0, 0.05) is 11.5 Å². The Hall–Kier alpha value is 0.180. The lowest BCUT2D eigenvalue weighted by Crippen LogP contribution is -1.78. The smallest absolute Gasteiger partial charge is 0.00398 e. The van der Waals surface area contributed by atoms with Crippen LogP contribution in [0.2, 0.25) is 0 Å². The van der Waals surface area contributed by atoms with Crippen LogP contribution in [0.3, 0.4) is 0 Å². The molecule has 0 amide bonds. The van der Waals surface area contributed by atoms with Crippen LogP contribution in [0.25, 0.3) is 0 Å². The van der Waals surface area contributed by atoms with Crippen LogP contribution in [0.4, 0.5) is 0 Å². The van der Waals surface area contributed by atoms with Crippen molar-refractivity contribution in [2.24, 2.45) is 0 Å². The van der Waals surface area contributed by atoms with E-state index in [2.05, 4.69) is 38.2 Å². The van der Waals surface area contributed by atoms with Crippen LogP contribution in [-0.2, 0) is 0 Å². The van der Waals surface area contributed by atoms with Gasteiger partial charge < -0.3 is 0 Å². The highest BCUT2D eigenvalue weighted by atomic mass is 33.1. The zero-order valence-electron chi connectivity index (χ0n) is 10.8. The first-order chi connectivity index (χ1) is 7.91. The predicted octanol–water partition coefficient (Wildman–Crippen LogP) is 5.86. The van der Waals surface area contributed by atoms with E-state index >= 15 is 0 Å². The maximum atomic E-state index is 2.31. The van der Waals surface area contributed by atoms with Crippen LogP contribution in [-0.4, -0.2) is 11.5 Å². The number of hydrogen-bond donors (Lipinski definition) is 0. The topological polar surface area (TPSA) is 0 Å². The van der Waals surface area contributed by atoms with Gasteiger partial charge in [0.25, 0.3) is 0 Å². The Bertz CT molecular complexity index is 154. The standard InChI is InChI=1S/C14H26S2/c1-3-5-7-9-11-13-15-16-14-12-10-8-6-4-2/h5-8H,3-4,9-14H2,1-2H3/b7-5+,8-6+. The van der Waals surface area contributed by atoms with E-state index in [-0.39, 0.29) is 0 Å². The first-order valence-electron chi connectivity index (χ1n) is 6.46. The minimum Gasteiger partial charge on any atom is -0.0941 e. The third kappa shape index (κ3) is 14.2. The summed E-state index contributed by atoms with van der Waals surface area (Å²) in [6.07, 6.45) is 16.6. The molecule has 0 fully saturated rings. The Balaban J connectivity index is 2.98. The molecule has 0 unspecified atom stereocenters. The third-order valence-electron chi connectivity index (χ3n) is 2.08. The molecule has 0 bridgehead atoms. The Kier molecular flexibility index (Phi) is 15.4.